The van der Waals surface area contributed by atoms with Crippen molar-refractivity contribution >= 4 is 22.8 Å². The SMILES string of the molecule is COc1cc(/C=C/C(=O)c2cc3cc(OCc4ccccc4)ccc3oc2=O)cc(OC)c1OC. The molecule has 0 aliphatic heterocycles. The third-order valence-corrected chi connectivity index (χ3v) is 5.33. The second-order valence-corrected chi connectivity index (χ2v) is 7.58. The number of ether oxygens (including phenoxy) is 4. The number of hydrogen-bond acceptors (Lipinski definition) is 7. The largest absolute Gasteiger partial charge is 0.493 e. The van der Waals surface area contributed by atoms with Gasteiger partial charge in [-0.2, -0.15) is 0 Å². The molecule has 178 valence electrons. The van der Waals surface area contributed by atoms with Gasteiger partial charge in [0.25, 0.3) is 0 Å². The zero-order valence-corrected chi connectivity index (χ0v) is 19.6. The van der Waals surface area contributed by atoms with Gasteiger partial charge in [-0.05, 0) is 53.6 Å². The quantitative estimate of drug-likeness (QED) is 0.186. The van der Waals surface area contributed by atoms with E-state index in [1.54, 1.807) is 36.4 Å². The number of benzene rings is 3. The number of fused-ring (bicyclic) bond motifs is 1. The van der Waals surface area contributed by atoms with Crippen LogP contribution in [0.25, 0.3) is 17.0 Å². The molecule has 0 amide bonds. The van der Waals surface area contributed by atoms with Crippen LogP contribution in [0.5, 0.6) is 23.0 Å². The number of allylic oxidation sites excluding steroid dienone is 1. The molecule has 0 bridgehead atoms. The van der Waals surface area contributed by atoms with Crippen LogP contribution in [0.4, 0.5) is 0 Å². The summed E-state index contributed by atoms with van der Waals surface area (Å²) in [6.07, 6.45) is 2.87. The van der Waals surface area contributed by atoms with E-state index in [9.17, 15) is 9.59 Å². The zero-order valence-electron chi connectivity index (χ0n) is 19.6. The maximum Gasteiger partial charge on any atom is 0.347 e. The summed E-state index contributed by atoms with van der Waals surface area (Å²) in [6, 6.07) is 19.8. The van der Waals surface area contributed by atoms with Gasteiger partial charge in [0.15, 0.2) is 17.3 Å². The molecule has 0 spiro atoms. The first-order chi connectivity index (χ1) is 17.0. The highest BCUT2D eigenvalue weighted by molar-refractivity contribution is 6.07. The van der Waals surface area contributed by atoms with Crippen molar-refractivity contribution in [2.75, 3.05) is 21.3 Å². The molecule has 0 saturated carbocycles. The van der Waals surface area contributed by atoms with Gasteiger partial charge in [0.2, 0.25) is 5.75 Å². The second-order valence-electron chi connectivity index (χ2n) is 7.58. The Morgan fingerprint density at radius 2 is 1.60 bits per heavy atom. The van der Waals surface area contributed by atoms with Gasteiger partial charge in [0.1, 0.15) is 23.5 Å². The van der Waals surface area contributed by atoms with Crippen molar-refractivity contribution < 1.29 is 28.2 Å². The smallest absolute Gasteiger partial charge is 0.347 e. The molecule has 0 radical (unpaired) electrons. The fraction of sp³-hybridized carbons (Fsp3) is 0.143. The molecule has 7 heteroatoms. The lowest BCUT2D eigenvalue weighted by molar-refractivity contribution is 0.104. The van der Waals surface area contributed by atoms with Gasteiger partial charge in [-0.25, -0.2) is 4.79 Å². The van der Waals surface area contributed by atoms with E-state index in [4.69, 9.17) is 23.4 Å². The Bertz CT molecular complexity index is 1410. The molecule has 0 fully saturated rings. The third-order valence-electron chi connectivity index (χ3n) is 5.33. The lowest BCUT2D eigenvalue weighted by atomic mass is 10.1. The van der Waals surface area contributed by atoms with Gasteiger partial charge in [-0.3, -0.25) is 4.79 Å². The summed E-state index contributed by atoms with van der Waals surface area (Å²) in [5.41, 5.74) is 1.23. The summed E-state index contributed by atoms with van der Waals surface area (Å²) in [7, 11) is 4.53. The molecule has 1 heterocycles. The number of methoxy groups -OCH3 is 3. The Balaban J connectivity index is 1.59. The van der Waals surface area contributed by atoms with Crippen LogP contribution in [-0.4, -0.2) is 27.1 Å². The number of ketones is 1. The Morgan fingerprint density at radius 3 is 2.26 bits per heavy atom. The topological polar surface area (TPSA) is 84.2 Å². The van der Waals surface area contributed by atoms with Crippen LogP contribution < -0.4 is 24.6 Å². The van der Waals surface area contributed by atoms with Crippen LogP contribution in [0.15, 0.2) is 82.0 Å². The van der Waals surface area contributed by atoms with Crippen LogP contribution in [0, 0.1) is 0 Å². The summed E-state index contributed by atoms with van der Waals surface area (Å²) in [5, 5.41) is 0.583. The van der Waals surface area contributed by atoms with E-state index in [-0.39, 0.29) is 5.56 Å². The second kappa shape index (κ2) is 10.6. The van der Waals surface area contributed by atoms with Crippen LogP contribution in [-0.2, 0) is 6.61 Å². The van der Waals surface area contributed by atoms with Crippen molar-refractivity contribution in [2.24, 2.45) is 0 Å². The molecular weight excluding hydrogens is 448 g/mol. The predicted molar refractivity (Wildman–Crippen MR) is 133 cm³/mol. The zero-order chi connectivity index (χ0) is 24.8. The van der Waals surface area contributed by atoms with Crippen molar-refractivity contribution in [1.29, 1.82) is 0 Å². The van der Waals surface area contributed by atoms with Crippen LogP contribution in [0.2, 0.25) is 0 Å². The number of carbonyl (C=O) groups excluding carboxylic acids is 1. The molecule has 4 rings (SSSR count). The van der Waals surface area contributed by atoms with E-state index in [0.717, 1.165) is 5.56 Å². The summed E-state index contributed by atoms with van der Waals surface area (Å²) < 4.78 is 27.2. The molecule has 0 aliphatic carbocycles. The lowest BCUT2D eigenvalue weighted by Crippen LogP contribution is -2.12. The van der Waals surface area contributed by atoms with Crippen LogP contribution in [0.3, 0.4) is 0 Å². The minimum atomic E-state index is -0.713. The first kappa shape index (κ1) is 23.6. The number of carbonyl (C=O) groups is 1. The Morgan fingerprint density at radius 1 is 0.886 bits per heavy atom. The van der Waals surface area contributed by atoms with E-state index in [2.05, 4.69) is 0 Å². The number of rotatable bonds is 9. The maximum atomic E-state index is 12.8. The molecule has 0 unspecified atom stereocenters. The summed E-state index contributed by atoms with van der Waals surface area (Å²) >= 11 is 0. The van der Waals surface area contributed by atoms with Crippen molar-refractivity contribution in [3.63, 3.8) is 0 Å². The molecular formula is C28H24O7. The predicted octanol–water partition coefficient (Wildman–Crippen LogP) is 5.29. The van der Waals surface area contributed by atoms with Gasteiger partial charge in [0.05, 0.1) is 21.3 Å². The van der Waals surface area contributed by atoms with Gasteiger partial charge in [-0.1, -0.05) is 36.4 Å². The van der Waals surface area contributed by atoms with Crippen molar-refractivity contribution in [3.05, 3.63) is 99.9 Å². The Labute approximate surface area is 202 Å². The van der Waals surface area contributed by atoms with E-state index < -0.39 is 11.4 Å². The fourth-order valence-electron chi connectivity index (χ4n) is 3.56. The monoisotopic (exact) mass is 472 g/mol. The molecule has 1 aromatic heterocycles. The van der Waals surface area contributed by atoms with Gasteiger partial charge >= 0.3 is 5.63 Å². The van der Waals surface area contributed by atoms with Gasteiger partial charge < -0.3 is 23.4 Å². The molecule has 35 heavy (non-hydrogen) atoms. The van der Waals surface area contributed by atoms with Crippen molar-refractivity contribution in [2.45, 2.75) is 6.61 Å². The average molecular weight is 472 g/mol. The molecule has 0 atom stereocenters. The maximum absolute atomic E-state index is 12.8. The number of hydrogen-bond donors (Lipinski definition) is 0. The minimum Gasteiger partial charge on any atom is -0.493 e. The highest BCUT2D eigenvalue weighted by Crippen LogP contribution is 2.38. The first-order valence-corrected chi connectivity index (χ1v) is 10.8. The molecule has 0 aliphatic rings. The molecule has 0 saturated heterocycles. The van der Waals surface area contributed by atoms with E-state index in [1.807, 2.05) is 30.3 Å². The molecule has 4 aromatic rings. The van der Waals surface area contributed by atoms with E-state index in [1.165, 1.54) is 33.5 Å². The van der Waals surface area contributed by atoms with Crippen molar-refractivity contribution in [1.82, 2.24) is 0 Å². The van der Waals surface area contributed by atoms with Crippen LogP contribution in [0.1, 0.15) is 21.5 Å². The standard InChI is InChI=1S/C28H24O7/c1-31-25-13-19(14-26(32-2)27(25)33-3)9-11-23(29)22-16-20-15-21(10-12-24(20)35-28(22)30)34-17-18-7-5-4-6-8-18/h4-16H,17H2,1-3H3/b11-9+. The first-order valence-electron chi connectivity index (χ1n) is 10.8. The van der Waals surface area contributed by atoms with Crippen LogP contribution >= 0.6 is 0 Å². The summed E-state index contributed by atoms with van der Waals surface area (Å²) in [4.78, 5) is 25.3. The average Bonchev–Trinajstić information content (AvgIpc) is 2.90. The fourth-order valence-corrected chi connectivity index (χ4v) is 3.56. The summed E-state index contributed by atoms with van der Waals surface area (Å²) in [5.74, 6) is 1.45. The van der Waals surface area contributed by atoms with Gasteiger partial charge in [-0.15, -0.1) is 0 Å². The lowest BCUT2D eigenvalue weighted by Gasteiger charge is -2.12. The summed E-state index contributed by atoms with van der Waals surface area (Å²) in [6.45, 7) is 0.395. The van der Waals surface area contributed by atoms with E-state index >= 15 is 0 Å². The highest BCUT2D eigenvalue weighted by Gasteiger charge is 2.14. The van der Waals surface area contributed by atoms with E-state index in [0.29, 0.717) is 46.1 Å². The third kappa shape index (κ3) is 5.35. The minimum absolute atomic E-state index is 0.0820. The normalized spacial score (nSPS) is 10.9. The Hall–Kier alpha value is -4.52. The molecule has 0 N–H and O–H groups in total. The highest BCUT2D eigenvalue weighted by atomic mass is 16.5. The van der Waals surface area contributed by atoms with Crippen molar-refractivity contribution in [3.8, 4) is 23.0 Å². The Kier molecular flexibility index (Phi) is 7.16. The molecule has 7 nitrogen and oxygen atoms in total. The van der Waals surface area contributed by atoms with Gasteiger partial charge in [0, 0.05) is 5.39 Å². The molecule has 3 aromatic carbocycles.